The lowest BCUT2D eigenvalue weighted by Crippen LogP contribution is -2.23. The van der Waals surface area contributed by atoms with Crippen LogP contribution >= 0.6 is 11.8 Å². The quantitative estimate of drug-likeness (QED) is 0.523. The van der Waals surface area contributed by atoms with Gasteiger partial charge in [-0.3, -0.25) is 14.3 Å². The number of hydrogen-bond acceptors (Lipinski definition) is 7. The van der Waals surface area contributed by atoms with Crippen molar-refractivity contribution in [2.24, 2.45) is 0 Å². The van der Waals surface area contributed by atoms with E-state index in [4.69, 9.17) is 9.47 Å². The number of rotatable bonds is 9. The first kappa shape index (κ1) is 21.8. The Hall–Kier alpha value is -2.91. The van der Waals surface area contributed by atoms with E-state index in [0.717, 1.165) is 11.1 Å². The molecule has 0 saturated heterocycles. The smallest absolute Gasteiger partial charge is 0.237 e. The van der Waals surface area contributed by atoms with E-state index < -0.39 is 5.25 Å². The van der Waals surface area contributed by atoms with Crippen LogP contribution in [-0.4, -0.2) is 51.7 Å². The fraction of sp³-hybridized carbons (Fsp3) is 0.333. The Bertz CT molecular complexity index is 994. The SMILES string of the molecule is COCCn1c(SC(C)C(=O)Nc2cc(C)ccc2OC)nnc1-c1ccncc1. The zero-order valence-corrected chi connectivity index (χ0v) is 18.3. The Morgan fingerprint density at radius 1 is 1.20 bits per heavy atom. The van der Waals surface area contributed by atoms with Crippen molar-refractivity contribution in [1.82, 2.24) is 19.7 Å². The minimum absolute atomic E-state index is 0.143. The zero-order chi connectivity index (χ0) is 21.5. The molecule has 0 bridgehead atoms. The van der Waals surface area contributed by atoms with Crippen LogP contribution in [0.1, 0.15) is 12.5 Å². The molecule has 9 heteroatoms. The summed E-state index contributed by atoms with van der Waals surface area (Å²) in [4.78, 5) is 16.9. The molecule has 1 unspecified atom stereocenters. The number of thioether (sulfide) groups is 1. The zero-order valence-electron chi connectivity index (χ0n) is 17.5. The van der Waals surface area contributed by atoms with Gasteiger partial charge in [-0.2, -0.15) is 0 Å². The maximum Gasteiger partial charge on any atom is 0.237 e. The second kappa shape index (κ2) is 10.2. The van der Waals surface area contributed by atoms with Crippen LogP contribution in [0.15, 0.2) is 47.9 Å². The van der Waals surface area contributed by atoms with Gasteiger partial charge in [0.25, 0.3) is 0 Å². The number of carbonyl (C=O) groups excluding carboxylic acids is 1. The molecule has 1 atom stereocenters. The highest BCUT2D eigenvalue weighted by Gasteiger charge is 2.21. The van der Waals surface area contributed by atoms with Crippen molar-refractivity contribution in [1.29, 1.82) is 0 Å². The molecule has 158 valence electrons. The van der Waals surface area contributed by atoms with Crippen molar-refractivity contribution in [3.05, 3.63) is 48.3 Å². The fourth-order valence-corrected chi connectivity index (χ4v) is 3.72. The van der Waals surface area contributed by atoms with Crippen LogP contribution in [-0.2, 0) is 16.1 Å². The average Bonchev–Trinajstić information content (AvgIpc) is 3.15. The highest BCUT2D eigenvalue weighted by atomic mass is 32.2. The second-order valence-corrected chi connectivity index (χ2v) is 7.95. The summed E-state index contributed by atoms with van der Waals surface area (Å²) in [6.07, 6.45) is 3.42. The number of nitrogens with one attached hydrogen (secondary N) is 1. The largest absolute Gasteiger partial charge is 0.495 e. The van der Waals surface area contributed by atoms with Gasteiger partial charge < -0.3 is 14.8 Å². The molecule has 30 heavy (non-hydrogen) atoms. The van der Waals surface area contributed by atoms with E-state index in [1.165, 1.54) is 11.8 Å². The number of hydrogen-bond donors (Lipinski definition) is 1. The van der Waals surface area contributed by atoms with Gasteiger partial charge in [-0.15, -0.1) is 10.2 Å². The normalized spacial score (nSPS) is 11.9. The van der Waals surface area contributed by atoms with E-state index in [2.05, 4.69) is 20.5 Å². The van der Waals surface area contributed by atoms with Gasteiger partial charge in [0, 0.05) is 25.1 Å². The first-order valence-electron chi connectivity index (χ1n) is 9.48. The Kier molecular flexibility index (Phi) is 7.42. The maximum atomic E-state index is 12.8. The van der Waals surface area contributed by atoms with Gasteiger partial charge in [-0.1, -0.05) is 17.8 Å². The molecular weight excluding hydrogens is 402 g/mol. The molecule has 0 fully saturated rings. The van der Waals surface area contributed by atoms with E-state index in [0.29, 0.717) is 35.6 Å². The van der Waals surface area contributed by atoms with Crippen LogP contribution in [0.5, 0.6) is 5.75 Å². The maximum absolute atomic E-state index is 12.8. The van der Waals surface area contributed by atoms with Gasteiger partial charge in [0.15, 0.2) is 11.0 Å². The van der Waals surface area contributed by atoms with Crippen molar-refractivity contribution in [2.75, 3.05) is 26.1 Å². The molecule has 1 amide bonds. The molecule has 2 aromatic heterocycles. The van der Waals surface area contributed by atoms with Crippen LogP contribution in [0.3, 0.4) is 0 Å². The molecule has 2 heterocycles. The van der Waals surface area contributed by atoms with Gasteiger partial charge in [-0.25, -0.2) is 0 Å². The van der Waals surface area contributed by atoms with E-state index in [9.17, 15) is 4.79 Å². The summed E-state index contributed by atoms with van der Waals surface area (Å²) in [5.74, 6) is 1.19. The lowest BCUT2D eigenvalue weighted by Gasteiger charge is -2.15. The number of ether oxygens (including phenoxy) is 2. The van der Waals surface area contributed by atoms with E-state index in [1.54, 1.807) is 26.6 Å². The molecule has 3 rings (SSSR count). The van der Waals surface area contributed by atoms with Gasteiger partial charge in [0.1, 0.15) is 5.75 Å². The number of amides is 1. The predicted octanol–water partition coefficient (Wildman–Crippen LogP) is 3.42. The fourth-order valence-electron chi connectivity index (χ4n) is 2.84. The predicted molar refractivity (Wildman–Crippen MR) is 117 cm³/mol. The number of pyridine rings is 1. The van der Waals surface area contributed by atoms with Gasteiger partial charge >= 0.3 is 0 Å². The number of nitrogens with zero attached hydrogens (tertiary/aromatic N) is 4. The highest BCUT2D eigenvalue weighted by Crippen LogP contribution is 2.29. The lowest BCUT2D eigenvalue weighted by atomic mass is 10.2. The first-order valence-corrected chi connectivity index (χ1v) is 10.4. The van der Waals surface area contributed by atoms with Crippen LogP contribution in [0.4, 0.5) is 5.69 Å². The number of anilines is 1. The summed E-state index contributed by atoms with van der Waals surface area (Å²) >= 11 is 1.35. The summed E-state index contributed by atoms with van der Waals surface area (Å²) in [5.41, 5.74) is 2.59. The van der Waals surface area contributed by atoms with Crippen molar-refractivity contribution < 1.29 is 14.3 Å². The number of methoxy groups -OCH3 is 2. The highest BCUT2D eigenvalue weighted by molar-refractivity contribution is 8.00. The summed E-state index contributed by atoms with van der Waals surface area (Å²) in [7, 11) is 3.23. The average molecular weight is 428 g/mol. The molecular formula is C21H25N5O3S. The Morgan fingerprint density at radius 2 is 1.97 bits per heavy atom. The number of aromatic nitrogens is 4. The molecule has 0 aliphatic rings. The van der Waals surface area contributed by atoms with Gasteiger partial charge in [0.2, 0.25) is 5.91 Å². The van der Waals surface area contributed by atoms with Crippen LogP contribution in [0.2, 0.25) is 0 Å². The Balaban J connectivity index is 1.79. The minimum Gasteiger partial charge on any atom is -0.495 e. The van der Waals surface area contributed by atoms with Gasteiger partial charge in [-0.05, 0) is 43.7 Å². The van der Waals surface area contributed by atoms with Crippen LogP contribution < -0.4 is 10.1 Å². The Labute approximate surface area is 180 Å². The van der Waals surface area contributed by atoms with Crippen LogP contribution in [0.25, 0.3) is 11.4 Å². The first-order chi connectivity index (χ1) is 14.5. The topological polar surface area (TPSA) is 91.2 Å². The van der Waals surface area contributed by atoms with E-state index in [-0.39, 0.29) is 5.91 Å². The third-order valence-electron chi connectivity index (χ3n) is 4.44. The number of carbonyl (C=O) groups is 1. The van der Waals surface area contributed by atoms with E-state index in [1.807, 2.05) is 48.7 Å². The third kappa shape index (κ3) is 5.17. The van der Waals surface area contributed by atoms with Gasteiger partial charge in [0.05, 0.1) is 31.2 Å². The lowest BCUT2D eigenvalue weighted by molar-refractivity contribution is -0.115. The van der Waals surface area contributed by atoms with Crippen molar-refractivity contribution in [3.8, 4) is 17.1 Å². The molecule has 0 saturated carbocycles. The molecule has 1 aromatic carbocycles. The van der Waals surface area contributed by atoms with Crippen molar-refractivity contribution in [2.45, 2.75) is 30.8 Å². The summed E-state index contributed by atoms with van der Waals surface area (Å²) < 4.78 is 12.5. The molecule has 0 radical (unpaired) electrons. The molecule has 3 aromatic rings. The standard InChI is InChI=1S/C21H25N5O3S/c1-14-5-6-18(29-4)17(13-14)23-20(27)15(2)30-21-25-24-19(26(21)11-12-28-3)16-7-9-22-10-8-16/h5-10,13,15H,11-12H2,1-4H3,(H,23,27). The van der Waals surface area contributed by atoms with E-state index >= 15 is 0 Å². The van der Waals surface area contributed by atoms with Crippen molar-refractivity contribution in [3.63, 3.8) is 0 Å². The Morgan fingerprint density at radius 3 is 2.67 bits per heavy atom. The molecule has 0 spiro atoms. The third-order valence-corrected chi connectivity index (χ3v) is 5.52. The number of aryl methyl sites for hydroxylation is 1. The summed E-state index contributed by atoms with van der Waals surface area (Å²) in [6.45, 7) is 4.88. The molecule has 1 N–H and O–H groups in total. The minimum atomic E-state index is -0.397. The second-order valence-electron chi connectivity index (χ2n) is 6.64. The number of benzene rings is 1. The molecule has 8 nitrogen and oxygen atoms in total. The summed E-state index contributed by atoms with van der Waals surface area (Å²) in [6, 6.07) is 9.41. The summed E-state index contributed by atoms with van der Waals surface area (Å²) in [5, 5.41) is 11.9. The molecule has 0 aliphatic carbocycles. The van der Waals surface area contributed by atoms with Crippen molar-refractivity contribution >= 4 is 23.4 Å². The molecule has 0 aliphatic heterocycles. The monoisotopic (exact) mass is 427 g/mol. The van der Waals surface area contributed by atoms with Crippen LogP contribution in [0, 0.1) is 6.92 Å².